The summed E-state index contributed by atoms with van der Waals surface area (Å²) in [6.07, 6.45) is 0. The summed E-state index contributed by atoms with van der Waals surface area (Å²) in [6, 6.07) is 17.6. The molecule has 0 spiro atoms. The normalized spacial score (nSPS) is 10.8. The minimum absolute atomic E-state index is 0.255. The molecule has 5 nitrogen and oxygen atoms in total. The van der Waals surface area contributed by atoms with Gasteiger partial charge in [0.1, 0.15) is 16.5 Å². The average molecular weight is 392 g/mol. The molecule has 140 valence electrons. The van der Waals surface area contributed by atoms with Gasteiger partial charge in [-0.15, -0.1) is 11.3 Å². The van der Waals surface area contributed by atoms with Crippen LogP contribution >= 0.6 is 11.3 Å². The summed E-state index contributed by atoms with van der Waals surface area (Å²) in [4.78, 5) is 18.1. The monoisotopic (exact) mass is 392 g/mol. The zero-order valence-electron chi connectivity index (χ0n) is 15.1. The Balaban J connectivity index is 1.44. The van der Waals surface area contributed by atoms with Crippen LogP contribution in [0.1, 0.15) is 21.1 Å². The van der Waals surface area contributed by atoms with E-state index >= 15 is 0 Å². The number of benzene rings is 2. The second kappa shape index (κ2) is 7.74. The van der Waals surface area contributed by atoms with Crippen molar-refractivity contribution in [3.63, 3.8) is 0 Å². The highest BCUT2D eigenvalue weighted by Gasteiger charge is 2.14. The molecule has 0 fully saturated rings. The molecule has 0 aliphatic carbocycles. The Morgan fingerprint density at radius 3 is 2.61 bits per heavy atom. The van der Waals surface area contributed by atoms with Crippen molar-refractivity contribution < 1.29 is 9.18 Å². The summed E-state index contributed by atoms with van der Waals surface area (Å²) in [6.45, 7) is 2.33. The Bertz CT molecular complexity index is 1100. The zero-order chi connectivity index (χ0) is 19.5. The third kappa shape index (κ3) is 3.84. The third-order valence-corrected chi connectivity index (χ3v) is 5.49. The number of carbonyl (C=O) groups excluding carboxylic acids is 1. The van der Waals surface area contributed by atoms with Crippen LogP contribution in [0.5, 0.6) is 0 Å². The van der Waals surface area contributed by atoms with Crippen LogP contribution in [0.25, 0.3) is 21.8 Å². The molecule has 0 atom stereocenters. The second-order valence-electron chi connectivity index (χ2n) is 6.25. The van der Waals surface area contributed by atoms with Gasteiger partial charge in [-0.2, -0.15) is 5.10 Å². The van der Waals surface area contributed by atoms with Gasteiger partial charge in [0.15, 0.2) is 0 Å². The summed E-state index contributed by atoms with van der Waals surface area (Å²) in [5, 5.41) is 10.7. The zero-order valence-corrected chi connectivity index (χ0v) is 15.9. The van der Waals surface area contributed by atoms with E-state index in [9.17, 15) is 9.18 Å². The summed E-state index contributed by atoms with van der Waals surface area (Å²) >= 11 is 1.57. The molecule has 0 bridgehead atoms. The molecule has 2 aromatic heterocycles. The van der Waals surface area contributed by atoms with Gasteiger partial charge in [-0.05, 0) is 37.3 Å². The average Bonchev–Trinajstić information content (AvgIpc) is 3.35. The lowest BCUT2D eigenvalue weighted by Gasteiger charge is -2.01. The summed E-state index contributed by atoms with van der Waals surface area (Å²) in [5.74, 6) is -0.568. The predicted octanol–water partition coefficient (Wildman–Crippen LogP) is 4.58. The highest BCUT2D eigenvalue weighted by Crippen LogP contribution is 2.27. The number of hydrogen-bond acceptors (Lipinski definition) is 4. The van der Waals surface area contributed by atoms with Crippen molar-refractivity contribution in [3.05, 3.63) is 82.7 Å². The van der Waals surface area contributed by atoms with Crippen LogP contribution in [0.4, 0.5) is 4.39 Å². The Morgan fingerprint density at radius 2 is 1.86 bits per heavy atom. The van der Waals surface area contributed by atoms with Crippen LogP contribution in [0.15, 0.2) is 60.7 Å². The highest BCUT2D eigenvalue weighted by atomic mass is 32.1. The predicted molar refractivity (Wildman–Crippen MR) is 107 cm³/mol. The first kappa shape index (κ1) is 18.1. The molecule has 28 heavy (non-hydrogen) atoms. The van der Waals surface area contributed by atoms with Gasteiger partial charge in [0, 0.05) is 16.0 Å². The van der Waals surface area contributed by atoms with Crippen LogP contribution in [-0.4, -0.2) is 21.1 Å². The van der Waals surface area contributed by atoms with Crippen LogP contribution in [0, 0.1) is 12.7 Å². The van der Waals surface area contributed by atoms with Crippen LogP contribution in [0.2, 0.25) is 0 Å². The van der Waals surface area contributed by atoms with E-state index in [0.717, 1.165) is 26.7 Å². The van der Waals surface area contributed by atoms with E-state index in [-0.39, 0.29) is 11.7 Å². The standard InChI is InChI=1S/C21H17FN4OS/c1-13-19(28-21(24-13)15-5-3-2-4-6-15)12-23-20(27)18-11-17(25-26-18)14-7-9-16(22)10-8-14/h2-11H,12H2,1H3,(H,23,27)(H,25,26). The minimum Gasteiger partial charge on any atom is -0.346 e. The first-order valence-corrected chi connectivity index (χ1v) is 9.53. The van der Waals surface area contributed by atoms with Crippen molar-refractivity contribution in [3.8, 4) is 21.8 Å². The number of H-pyrrole nitrogens is 1. The lowest BCUT2D eigenvalue weighted by Crippen LogP contribution is -2.23. The number of thiazole rings is 1. The fourth-order valence-corrected chi connectivity index (χ4v) is 3.77. The van der Waals surface area contributed by atoms with Crippen LogP contribution in [-0.2, 0) is 6.54 Å². The Morgan fingerprint density at radius 1 is 1.11 bits per heavy atom. The van der Waals surface area contributed by atoms with Gasteiger partial charge >= 0.3 is 0 Å². The fraction of sp³-hybridized carbons (Fsp3) is 0.0952. The molecule has 0 radical (unpaired) electrons. The number of carbonyl (C=O) groups is 1. The van der Waals surface area contributed by atoms with Gasteiger partial charge in [0.05, 0.1) is 17.9 Å². The number of aromatic nitrogens is 3. The maximum Gasteiger partial charge on any atom is 0.269 e. The number of halogens is 1. The van der Waals surface area contributed by atoms with Crippen molar-refractivity contribution in [2.75, 3.05) is 0 Å². The molecule has 1 amide bonds. The maximum absolute atomic E-state index is 13.0. The van der Waals surface area contributed by atoms with E-state index in [1.54, 1.807) is 29.5 Å². The molecule has 0 unspecified atom stereocenters. The van der Waals surface area contributed by atoms with Crippen molar-refractivity contribution in [2.45, 2.75) is 13.5 Å². The lowest BCUT2D eigenvalue weighted by atomic mass is 10.1. The topological polar surface area (TPSA) is 70.7 Å². The molecule has 2 heterocycles. The molecule has 7 heteroatoms. The first-order valence-electron chi connectivity index (χ1n) is 8.71. The number of aryl methyl sites for hydroxylation is 1. The number of amides is 1. The van der Waals surface area contributed by atoms with E-state index in [4.69, 9.17) is 0 Å². The van der Waals surface area contributed by atoms with Crippen LogP contribution in [0.3, 0.4) is 0 Å². The molecule has 0 saturated carbocycles. The summed E-state index contributed by atoms with van der Waals surface area (Å²) in [5.41, 5.74) is 3.64. The molecule has 2 N–H and O–H groups in total. The summed E-state index contributed by atoms with van der Waals surface area (Å²) in [7, 11) is 0. The van der Waals surface area contributed by atoms with Crippen molar-refractivity contribution in [1.82, 2.24) is 20.5 Å². The number of nitrogens with zero attached hydrogens (tertiary/aromatic N) is 2. The third-order valence-electron chi connectivity index (χ3n) is 4.29. The number of rotatable bonds is 5. The smallest absolute Gasteiger partial charge is 0.269 e. The van der Waals surface area contributed by atoms with E-state index in [1.807, 2.05) is 37.3 Å². The highest BCUT2D eigenvalue weighted by molar-refractivity contribution is 7.15. The SMILES string of the molecule is Cc1nc(-c2ccccc2)sc1CNC(=O)c1cc(-c2ccc(F)cc2)n[nH]1. The van der Waals surface area contributed by atoms with E-state index < -0.39 is 0 Å². The van der Waals surface area contributed by atoms with E-state index in [1.165, 1.54) is 12.1 Å². The quantitative estimate of drug-likeness (QED) is 0.522. The van der Waals surface area contributed by atoms with Crippen molar-refractivity contribution in [1.29, 1.82) is 0 Å². The van der Waals surface area contributed by atoms with E-state index in [2.05, 4.69) is 20.5 Å². The molecule has 4 rings (SSSR count). The molecule has 0 saturated heterocycles. The first-order chi connectivity index (χ1) is 13.6. The lowest BCUT2D eigenvalue weighted by molar-refractivity contribution is 0.0946. The molecular formula is C21H17FN4OS. The molecule has 0 aliphatic rings. The van der Waals surface area contributed by atoms with Gasteiger partial charge in [0.2, 0.25) is 0 Å². The Hall–Kier alpha value is -3.32. The largest absolute Gasteiger partial charge is 0.346 e. The van der Waals surface area contributed by atoms with Crippen LogP contribution < -0.4 is 5.32 Å². The number of nitrogens with one attached hydrogen (secondary N) is 2. The van der Waals surface area contributed by atoms with Crippen molar-refractivity contribution >= 4 is 17.2 Å². The molecule has 4 aromatic rings. The number of hydrogen-bond donors (Lipinski definition) is 2. The van der Waals surface area contributed by atoms with Gasteiger partial charge < -0.3 is 5.32 Å². The van der Waals surface area contributed by atoms with Gasteiger partial charge in [-0.3, -0.25) is 9.89 Å². The maximum atomic E-state index is 13.0. The summed E-state index contributed by atoms with van der Waals surface area (Å²) < 4.78 is 13.0. The molecular weight excluding hydrogens is 375 g/mol. The van der Waals surface area contributed by atoms with Gasteiger partial charge in [0.25, 0.3) is 5.91 Å². The Kier molecular flexibility index (Phi) is 4.99. The van der Waals surface area contributed by atoms with Gasteiger partial charge in [-0.1, -0.05) is 30.3 Å². The fourth-order valence-electron chi connectivity index (χ4n) is 2.76. The molecule has 0 aliphatic heterocycles. The minimum atomic E-state index is -0.313. The number of aromatic amines is 1. The van der Waals surface area contributed by atoms with E-state index in [0.29, 0.717) is 17.9 Å². The van der Waals surface area contributed by atoms with Crippen molar-refractivity contribution in [2.24, 2.45) is 0 Å². The molecule has 2 aromatic carbocycles. The second-order valence-corrected chi connectivity index (χ2v) is 7.33. The Labute approximate surface area is 165 Å². The van der Waals surface area contributed by atoms with Gasteiger partial charge in [-0.25, -0.2) is 9.37 Å².